The minimum atomic E-state index is -1.36. The predicted octanol–water partition coefficient (Wildman–Crippen LogP) is 4.02. The zero-order chi connectivity index (χ0) is 25.7. The second-order valence-electron chi connectivity index (χ2n) is 9.09. The molecule has 4 aromatic rings. The van der Waals surface area contributed by atoms with Crippen LogP contribution in [0.25, 0.3) is 16.8 Å². The van der Waals surface area contributed by atoms with Crippen molar-refractivity contribution in [2.24, 2.45) is 4.99 Å². The Labute approximate surface area is 212 Å². The number of aliphatic hydroxyl groups excluding tert-OH is 2. The first-order valence-corrected chi connectivity index (χ1v) is 11.9. The van der Waals surface area contributed by atoms with E-state index >= 15 is 0 Å². The molecule has 9 nitrogen and oxygen atoms in total. The number of guanidine groups is 1. The third-order valence-corrected chi connectivity index (χ3v) is 6.87. The van der Waals surface area contributed by atoms with E-state index in [4.69, 9.17) is 9.41 Å². The zero-order valence-electron chi connectivity index (χ0n) is 19.9. The van der Waals surface area contributed by atoms with E-state index in [9.17, 15) is 20.1 Å². The topological polar surface area (TPSA) is 123 Å². The molecule has 37 heavy (non-hydrogen) atoms. The van der Waals surface area contributed by atoms with Crippen LogP contribution in [0.1, 0.15) is 39.0 Å². The molecule has 3 aromatic carbocycles. The van der Waals surface area contributed by atoms with Gasteiger partial charge in [-0.25, -0.2) is 14.8 Å². The van der Waals surface area contributed by atoms with E-state index < -0.39 is 12.2 Å². The fourth-order valence-corrected chi connectivity index (χ4v) is 5.02. The number of para-hydroxylation sites is 2. The summed E-state index contributed by atoms with van der Waals surface area (Å²) in [5.74, 6) is -0.769. The summed E-state index contributed by atoms with van der Waals surface area (Å²) in [6.07, 6.45) is -0.777. The zero-order valence-corrected chi connectivity index (χ0v) is 19.9. The van der Waals surface area contributed by atoms with Crippen molar-refractivity contribution in [3.05, 3.63) is 107 Å². The number of hydrogen-bond acceptors (Lipinski definition) is 8. The first-order valence-electron chi connectivity index (χ1n) is 11.9. The summed E-state index contributed by atoms with van der Waals surface area (Å²) in [5, 5.41) is 31.3. The van der Waals surface area contributed by atoms with Crippen molar-refractivity contribution in [3.8, 4) is 0 Å². The van der Waals surface area contributed by atoms with Crippen molar-refractivity contribution < 1.29 is 24.5 Å². The van der Waals surface area contributed by atoms with E-state index in [1.54, 1.807) is 31.3 Å². The number of fused-ring (bicyclic) bond motifs is 2. The van der Waals surface area contributed by atoms with E-state index in [1.807, 2.05) is 48.5 Å². The molecule has 2 aliphatic rings. The quantitative estimate of drug-likeness (QED) is 0.389. The lowest BCUT2D eigenvalue weighted by atomic mass is 9.87. The second-order valence-corrected chi connectivity index (χ2v) is 9.09. The molecule has 2 aliphatic heterocycles. The van der Waals surface area contributed by atoms with E-state index in [2.05, 4.69) is 9.88 Å². The van der Waals surface area contributed by atoms with Crippen LogP contribution < -0.4 is 0 Å². The summed E-state index contributed by atoms with van der Waals surface area (Å²) in [4.78, 5) is 24.4. The molecule has 0 saturated carbocycles. The molecule has 0 amide bonds. The molecule has 2 unspecified atom stereocenters. The van der Waals surface area contributed by atoms with Crippen LogP contribution in [0.5, 0.6) is 0 Å². The molecule has 6 rings (SSSR count). The number of benzene rings is 3. The lowest BCUT2D eigenvalue weighted by molar-refractivity contribution is 0.0492. The number of aromatic carboxylic acids is 1. The maximum Gasteiger partial charge on any atom is 0.335 e. The maximum absolute atomic E-state index is 11.6. The van der Waals surface area contributed by atoms with E-state index in [1.165, 1.54) is 4.90 Å². The number of aliphatic hydroxyl groups is 2. The number of aliphatic imine (C=N–C) groups is 1. The first-order chi connectivity index (χ1) is 17.9. The molecule has 186 valence electrons. The average Bonchev–Trinajstić information content (AvgIpc) is 3.35. The number of carbonyl (C=O) groups is 1. The van der Waals surface area contributed by atoms with Crippen LogP contribution >= 0.6 is 0 Å². The van der Waals surface area contributed by atoms with Crippen LogP contribution in [0.3, 0.4) is 0 Å². The molecular weight excluding hydrogens is 472 g/mol. The molecule has 0 radical (unpaired) electrons. The van der Waals surface area contributed by atoms with E-state index in [-0.39, 0.29) is 29.0 Å². The molecule has 3 heterocycles. The summed E-state index contributed by atoms with van der Waals surface area (Å²) in [5.41, 5.74) is 4.36. The van der Waals surface area contributed by atoms with Gasteiger partial charge in [0.15, 0.2) is 23.3 Å². The van der Waals surface area contributed by atoms with Crippen LogP contribution in [0.15, 0.2) is 88.0 Å². The Hall–Kier alpha value is -4.63. The number of aromatic nitrogens is 1. The van der Waals surface area contributed by atoms with Gasteiger partial charge < -0.3 is 29.5 Å². The van der Waals surface area contributed by atoms with Crippen molar-refractivity contribution >= 4 is 28.7 Å². The number of nitrogens with zero attached hydrogens (tertiary/aromatic N) is 4. The fraction of sp³-hybridized carbons (Fsp3) is 0.179. The summed E-state index contributed by atoms with van der Waals surface area (Å²) < 4.78 is 5.86. The van der Waals surface area contributed by atoms with Crippen molar-refractivity contribution in [3.63, 3.8) is 0 Å². The minimum Gasteiger partial charge on any atom is -0.506 e. The molecule has 1 aromatic heterocycles. The van der Waals surface area contributed by atoms with Gasteiger partial charge in [0.1, 0.15) is 5.52 Å². The van der Waals surface area contributed by atoms with Gasteiger partial charge in [-0.05, 0) is 47.4 Å². The highest BCUT2D eigenvalue weighted by Gasteiger charge is 2.38. The molecule has 2 atom stereocenters. The van der Waals surface area contributed by atoms with Crippen LogP contribution in [0, 0.1) is 0 Å². The van der Waals surface area contributed by atoms with Crippen LogP contribution in [-0.4, -0.2) is 61.9 Å². The Kier molecular flexibility index (Phi) is 5.42. The Morgan fingerprint density at radius 3 is 2.57 bits per heavy atom. The van der Waals surface area contributed by atoms with Crippen LogP contribution in [-0.2, 0) is 6.42 Å². The largest absolute Gasteiger partial charge is 0.506 e. The fourth-order valence-electron chi connectivity index (χ4n) is 5.02. The maximum atomic E-state index is 11.6. The Morgan fingerprint density at radius 1 is 1.05 bits per heavy atom. The molecule has 0 bridgehead atoms. The lowest BCUT2D eigenvalue weighted by Gasteiger charge is -2.44. The third-order valence-electron chi connectivity index (χ3n) is 6.87. The standard InChI is InChI=1S/C28H24N4O5/c1-31-26(34)24(33)22(25-29-20-9-5-6-10-21(20)37-25)30-28(31)32-14-13-17-15-18(27(35)36)11-12-19(17)23(32)16-7-3-2-4-8-16/h2-12,15,23,26,33-34H,13-14H2,1H3,(H,35,36). The number of carboxylic acids is 1. The Balaban J connectivity index is 1.49. The van der Waals surface area contributed by atoms with Gasteiger partial charge in [0.2, 0.25) is 11.9 Å². The predicted molar refractivity (Wildman–Crippen MR) is 137 cm³/mol. The second kappa shape index (κ2) is 8.79. The number of carboxylic acid groups (broad SMARTS) is 1. The molecule has 0 aliphatic carbocycles. The van der Waals surface area contributed by atoms with Crippen LogP contribution in [0.4, 0.5) is 0 Å². The highest BCUT2D eigenvalue weighted by Crippen LogP contribution is 2.38. The Morgan fingerprint density at radius 2 is 1.81 bits per heavy atom. The van der Waals surface area contributed by atoms with Crippen molar-refractivity contribution in [1.82, 2.24) is 14.8 Å². The van der Waals surface area contributed by atoms with Gasteiger partial charge in [0.25, 0.3) is 0 Å². The van der Waals surface area contributed by atoms with Gasteiger partial charge in [0.05, 0.1) is 11.6 Å². The van der Waals surface area contributed by atoms with Gasteiger partial charge in [0, 0.05) is 13.6 Å². The molecule has 0 saturated heterocycles. The summed E-state index contributed by atoms with van der Waals surface area (Å²) >= 11 is 0. The summed E-state index contributed by atoms with van der Waals surface area (Å²) in [7, 11) is 1.66. The highest BCUT2D eigenvalue weighted by atomic mass is 16.4. The normalized spacial score (nSPS) is 19.7. The molecular formula is C28H24N4O5. The van der Waals surface area contributed by atoms with Gasteiger partial charge in [-0.15, -0.1) is 0 Å². The first kappa shape index (κ1) is 22.8. The third kappa shape index (κ3) is 3.80. The summed E-state index contributed by atoms with van der Waals surface area (Å²) in [6, 6.07) is 22.0. The SMILES string of the molecule is CN1C(N2CCc3cc(C(=O)O)ccc3C2c2ccccc2)=NC(c2nc3ccccc3o2)=C(O)C1O. The number of likely N-dealkylation sites (N-methyl/N-ethyl adjacent to an activating group) is 1. The van der Waals surface area contributed by atoms with Crippen molar-refractivity contribution in [2.45, 2.75) is 18.7 Å². The lowest BCUT2D eigenvalue weighted by Crippen LogP contribution is -2.52. The van der Waals surface area contributed by atoms with E-state index in [0.717, 1.165) is 16.7 Å². The molecule has 0 spiro atoms. The van der Waals surface area contributed by atoms with Gasteiger partial charge in [-0.2, -0.15) is 0 Å². The van der Waals surface area contributed by atoms with Crippen molar-refractivity contribution in [1.29, 1.82) is 0 Å². The number of rotatable bonds is 3. The van der Waals surface area contributed by atoms with Crippen molar-refractivity contribution in [2.75, 3.05) is 13.6 Å². The highest BCUT2D eigenvalue weighted by molar-refractivity contribution is 5.91. The molecule has 0 fully saturated rings. The number of hydrogen-bond donors (Lipinski definition) is 3. The van der Waals surface area contributed by atoms with E-state index in [0.29, 0.717) is 30.0 Å². The monoisotopic (exact) mass is 496 g/mol. The molecule has 3 N–H and O–H groups in total. The molecule has 9 heteroatoms. The van der Waals surface area contributed by atoms with Crippen LogP contribution in [0.2, 0.25) is 0 Å². The van der Waals surface area contributed by atoms with Gasteiger partial charge >= 0.3 is 5.97 Å². The number of oxazole rings is 1. The van der Waals surface area contributed by atoms with Gasteiger partial charge in [-0.1, -0.05) is 48.5 Å². The minimum absolute atomic E-state index is 0.0654. The average molecular weight is 497 g/mol. The summed E-state index contributed by atoms with van der Waals surface area (Å²) in [6.45, 7) is 0.507. The van der Waals surface area contributed by atoms with Gasteiger partial charge in [-0.3, -0.25) is 0 Å². The Bertz CT molecular complexity index is 1540. The smallest absolute Gasteiger partial charge is 0.335 e.